The average molecular weight is 229 g/mol. The van der Waals surface area contributed by atoms with Gasteiger partial charge in [-0.25, -0.2) is 0 Å². The van der Waals surface area contributed by atoms with Crippen molar-refractivity contribution >= 4 is 15.9 Å². The Hall–Kier alpha value is -0.610. The average Bonchev–Trinajstić information content (AvgIpc) is 2.46. The second-order valence-electron chi connectivity index (χ2n) is 2.69. The van der Waals surface area contributed by atoms with Crippen LogP contribution in [0.15, 0.2) is 16.7 Å². The molecule has 0 fully saturated rings. The molecule has 0 aliphatic carbocycles. The summed E-state index contributed by atoms with van der Waals surface area (Å²) in [6.45, 7) is 0.676. The summed E-state index contributed by atoms with van der Waals surface area (Å²) in [4.78, 5) is 4.28. The van der Waals surface area contributed by atoms with E-state index in [4.69, 9.17) is 4.74 Å². The van der Waals surface area contributed by atoms with E-state index in [1.165, 1.54) is 0 Å². The molecule has 64 valence electrons. The molecular weight excluding hydrogens is 220 g/mol. The predicted molar refractivity (Wildman–Crippen MR) is 49.2 cm³/mol. The third-order valence-electron chi connectivity index (χ3n) is 1.93. The fourth-order valence-electron chi connectivity index (χ4n) is 1.28. The summed E-state index contributed by atoms with van der Waals surface area (Å²) in [5.74, 6) is 0.878. The Balaban J connectivity index is 2.40. The van der Waals surface area contributed by atoms with Crippen molar-refractivity contribution < 1.29 is 4.74 Å². The summed E-state index contributed by atoms with van der Waals surface area (Å²) in [6.07, 6.45) is 1.79. The molecule has 1 aliphatic rings. The van der Waals surface area contributed by atoms with E-state index in [2.05, 4.69) is 26.2 Å². The molecule has 0 radical (unpaired) electrons. The van der Waals surface area contributed by atoms with Crippen LogP contribution in [0, 0.1) is 0 Å². The van der Waals surface area contributed by atoms with Crippen LogP contribution >= 0.6 is 15.9 Å². The van der Waals surface area contributed by atoms with Crippen molar-refractivity contribution in [3.8, 4) is 5.75 Å². The molecule has 2 heterocycles. The number of aromatic nitrogens is 1. The standard InChI is InChI=1S/C8H9BrN2O/c1-10-6-4-12-7-2-5(9)3-11-8(6)7/h2-3,6,10H,4H2,1H3. The number of likely N-dealkylation sites (N-methyl/N-ethyl adjacent to an activating group) is 1. The number of ether oxygens (including phenoxy) is 1. The Morgan fingerprint density at radius 3 is 3.33 bits per heavy atom. The van der Waals surface area contributed by atoms with Gasteiger partial charge in [0.1, 0.15) is 18.1 Å². The van der Waals surface area contributed by atoms with Gasteiger partial charge in [-0.2, -0.15) is 0 Å². The second-order valence-corrected chi connectivity index (χ2v) is 3.60. The van der Waals surface area contributed by atoms with E-state index in [0.29, 0.717) is 6.61 Å². The maximum Gasteiger partial charge on any atom is 0.143 e. The number of pyridine rings is 1. The number of rotatable bonds is 1. The van der Waals surface area contributed by atoms with E-state index < -0.39 is 0 Å². The lowest BCUT2D eigenvalue weighted by Gasteiger charge is -2.03. The molecule has 0 aromatic carbocycles. The zero-order valence-electron chi connectivity index (χ0n) is 6.67. The van der Waals surface area contributed by atoms with Crippen LogP contribution < -0.4 is 10.1 Å². The van der Waals surface area contributed by atoms with E-state index in [9.17, 15) is 0 Å². The predicted octanol–water partition coefficient (Wildman–Crippen LogP) is 1.50. The van der Waals surface area contributed by atoms with Gasteiger partial charge in [0.05, 0.1) is 6.04 Å². The molecule has 1 aromatic heterocycles. The van der Waals surface area contributed by atoms with Crippen molar-refractivity contribution in [1.29, 1.82) is 0 Å². The van der Waals surface area contributed by atoms with Crippen LogP contribution in [0.3, 0.4) is 0 Å². The van der Waals surface area contributed by atoms with Crippen molar-refractivity contribution in [3.05, 3.63) is 22.4 Å². The van der Waals surface area contributed by atoms with Gasteiger partial charge in [-0.05, 0) is 29.0 Å². The number of hydrogen-bond acceptors (Lipinski definition) is 3. The molecule has 0 bridgehead atoms. The minimum Gasteiger partial charge on any atom is -0.490 e. The highest BCUT2D eigenvalue weighted by Gasteiger charge is 2.23. The Labute approximate surface area is 79.3 Å². The highest BCUT2D eigenvalue weighted by atomic mass is 79.9. The van der Waals surface area contributed by atoms with Crippen molar-refractivity contribution in [2.45, 2.75) is 6.04 Å². The maximum absolute atomic E-state index is 5.43. The van der Waals surface area contributed by atoms with E-state index in [1.807, 2.05) is 13.1 Å². The molecule has 3 nitrogen and oxygen atoms in total. The number of fused-ring (bicyclic) bond motifs is 1. The first-order chi connectivity index (χ1) is 5.81. The fraction of sp³-hybridized carbons (Fsp3) is 0.375. The number of nitrogens with one attached hydrogen (secondary N) is 1. The first-order valence-corrected chi connectivity index (χ1v) is 4.56. The topological polar surface area (TPSA) is 34.1 Å². The number of hydrogen-bond donors (Lipinski definition) is 1. The molecule has 1 aromatic rings. The quantitative estimate of drug-likeness (QED) is 0.792. The largest absolute Gasteiger partial charge is 0.490 e. The van der Waals surface area contributed by atoms with E-state index >= 15 is 0 Å². The van der Waals surface area contributed by atoms with E-state index in [-0.39, 0.29) is 6.04 Å². The lowest BCUT2D eigenvalue weighted by Crippen LogP contribution is -2.17. The van der Waals surface area contributed by atoms with Crippen LogP contribution in [0.5, 0.6) is 5.75 Å². The van der Waals surface area contributed by atoms with Crippen LogP contribution in [-0.2, 0) is 0 Å². The summed E-state index contributed by atoms with van der Waals surface area (Å²) in [6, 6.07) is 2.19. The molecule has 12 heavy (non-hydrogen) atoms. The van der Waals surface area contributed by atoms with Gasteiger partial charge in [-0.1, -0.05) is 0 Å². The van der Waals surface area contributed by atoms with Gasteiger partial charge in [0.2, 0.25) is 0 Å². The van der Waals surface area contributed by atoms with Gasteiger partial charge in [0.15, 0.2) is 0 Å². The minimum atomic E-state index is 0.244. The van der Waals surface area contributed by atoms with Crippen LogP contribution in [0.1, 0.15) is 11.7 Å². The summed E-state index contributed by atoms with van der Waals surface area (Å²) in [5.41, 5.74) is 1.00. The highest BCUT2D eigenvalue weighted by molar-refractivity contribution is 9.10. The minimum absolute atomic E-state index is 0.244. The molecular formula is C8H9BrN2O. The lowest BCUT2D eigenvalue weighted by molar-refractivity contribution is 0.318. The maximum atomic E-state index is 5.43. The number of halogens is 1. The van der Waals surface area contributed by atoms with Crippen LogP contribution in [0.4, 0.5) is 0 Å². The molecule has 1 unspecified atom stereocenters. The van der Waals surface area contributed by atoms with Crippen LogP contribution in [0.25, 0.3) is 0 Å². The SMILES string of the molecule is CNC1COc2cc(Br)cnc21. The van der Waals surface area contributed by atoms with Gasteiger partial charge in [-0.15, -0.1) is 0 Å². The molecule has 4 heteroatoms. The molecule has 0 saturated carbocycles. The van der Waals surface area contributed by atoms with Crippen molar-refractivity contribution in [3.63, 3.8) is 0 Å². The summed E-state index contributed by atoms with van der Waals surface area (Å²) >= 11 is 3.34. The highest BCUT2D eigenvalue weighted by Crippen LogP contribution is 2.31. The van der Waals surface area contributed by atoms with Gasteiger partial charge < -0.3 is 10.1 Å². The fourth-order valence-corrected chi connectivity index (χ4v) is 1.59. The van der Waals surface area contributed by atoms with Crippen LogP contribution in [0.2, 0.25) is 0 Å². The normalized spacial score (nSPS) is 20.3. The first kappa shape index (κ1) is 8.01. The molecule has 2 rings (SSSR count). The Morgan fingerprint density at radius 1 is 1.75 bits per heavy atom. The third kappa shape index (κ3) is 1.21. The molecule has 0 saturated heterocycles. The molecule has 1 aliphatic heterocycles. The summed E-state index contributed by atoms with van der Waals surface area (Å²) in [5, 5.41) is 3.14. The van der Waals surface area contributed by atoms with Gasteiger partial charge >= 0.3 is 0 Å². The summed E-state index contributed by atoms with van der Waals surface area (Å²) in [7, 11) is 1.91. The molecule has 1 atom stereocenters. The summed E-state index contributed by atoms with van der Waals surface area (Å²) < 4.78 is 6.38. The molecule has 0 spiro atoms. The zero-order valence-corrected chi connectivity index (χ0v) is 8.26. The smallest absolute Gasteiger partial charge is 0.143 e. The van der Waals surface area contributed by atoms with Gasteiger partial charge in [0, 0.05) is 10.7 Å². The Kier molecular flexibility index (Phi) is 2.02. The third-order valence-corrected chi connectivity index (χ3v) is 2.37. The first-order valence-electron chi connectivity index (χ1n) is 3.77. The van der Waals surface area contributed by atoms with Crippen LogP contribution in [-0.4, -0.2) is 18.6 Å². The van der Waals surface area contributed by atoms with E-state index in [1.54, 1.807) is 6.20 Å². The van der Waals surface area contributed by atoms with Crippen molar-refractivity contribution in [2.24, 2.45) is 0 Å². The van der Waals surface area contributed by atoms with Gasteiger partial charge in [-0.3, -0.25) is 4.98 Å². The molecule has 1 N–H and O–H groups in total. The zero-order chi connectivity index (χ0) is 8.55. The molecule has 0 amide bonds. The number of nitrogens with zero attached hydrogens (tertiary/aromatic N) is 1. The van der Waals surface area contributed by atoms with Gasteiger partial charge in [0.25, 0.3) is 0 Å². The van der Waals surface area contributed by atoms with Crippen molar-refractivity contribution in [2.75, 3.05) is 13.7 Å². The second kappa shape index (κ2) is 3.03. The van der Waals surface area contributed by atoms with Crippen molar-refractivity contribution in [1.82, 2.24) is 10.3 Å². The Bertz CT molecular complexity index is 303. The Morgan fingerprint density at radius 2 is 2.58 bits per heavy atom. The van der Waals surface area contributed by atoms with E-state index in [0.717, 1.165) is 15.9 Å². The monoisotopic (exact) mass is 228 g/mol. The lowest BCUT2D eigenvalue weighted by atomic mass is 10.2.